The van der Waals surface area contributed by atoms with Crippen LogP contribution in [0.2, 0.25) is 0 Å². The molecule has 2 aromatic carbocycles. The third kappa shape index (κ3) is 2.53. The normalized spacial score (nSPS) is 10.5. The Bertz CT molecular complexity index is 836. The maximum Gasteiger partial charge on any atom is 0.263 e. The van der Waals surface area contributed by atoms with Crippen molar-refractivity contribution in [3.05, 3.63) is 60.4 Å². The van der Waals surface area contributed by atoms with E-state index in [4.69, 9.17) is 0 Å². The molecule has 1 N–H and O–H groups in total. The van der Waals surface area contributed by atoms with E-state index in [1.165, 1.54) is 17.8 Å². The molecule has 0 radical (unpaired) electrons. The second kappa shape index (κ2) is 5.20. The molecular weight excluding hydrogens is 266 g/mol. The molecule has 1 heterocycles. The third-order valence-corrected chi connectivity index (χ3v) is 3.10. The molecule has 0 saturated heterocycles. The second-order valence-electron chi connectivity index (χ2n) is 4.67. The lowest BCUT2D eigenvalue weighted by Crippen LogP contribution is -2.12. The number of amides is 1. The number of para-hydroxylation sites is 2. The first-order chi connectivity index (χ1) is 10.1. The van der Waals surface area contributed by atoms with Crippen molar-refractivity contribution in [3.8, 4) is 0 Å². The lowest BCUT2D eigenvalue weighted by atomic mass is 10.2. The molecule has 0 atom stereocenters. The van der Waals surface area contributed by atoms with Gasteiger partial charge >= 0.3 is 0 Å². The van der Waals surface area contributed by atoms with E-state index in [1.807, 2.05) is 24.3 Å². The number of rotatable bonds is 2. The van der Waals surface area contributed by atoms with Crippen LogP contribution in [0.25, 0.3) is 11.0 Å². The molecule has 104 valence electrons. The first-order valence-corrected chi connectivity index (χ1v) is 6.49. The Kier molecular flexibility index (Phi) is 3.23. The number of nitrogens with zero attached hydrogens (tertiary/aromatic N) is 2. The zero-order valence-corrected chi connectivity index (χ0v) is 11.4. The van der Waals surface area contributed by atoms with E-state index in [2.05, 4.69) is 10.3 Å². The summed E-state index contributed by atoms with van der Waals surface area (Å²) in [7, 11) is 0. The quantitative estimate of drug-likeness (QED) is 0.784. The van der Waals surface area contributed by atoms with E-state index in [9.17, 15) is 9.59 Å². The molecule has 0 aliphatic heterocycles. The van der Waals surface area contributed by atoms with Crippen LogP contribution < -0.4 is 5.32 Å². The molecule has 1 aromatic heterocycles. The minimum absolute atomic E-state index is 0.173. The number of carbonyl (C=O) groups excluding carboxylic acids is 2. The molecule has 0 spiro atoms. The fourth-order valence-corrected chi connectivity index (χ4v) is 2.19. The van der Waals surface area contributed by atoms with Gasteiger partial charge in [0.05, 0.1) is 11.0 Å². The summed E-state index contributed by atoms with van der Waals surface area (Å²) < 4.78 is 1.50. The van der Waals surface area contributed by atoms with E-state index in [0.717, 1.165) is 11.0 Å². The van der Waals surface area contributed by atoms with E-state index in [1.54, 1.807) is 24.3 Å². The number of anilines is 1. The molecule has 0 saturated carbocycles. The number of fused-ring (bicyclic) bond motifs is 1. The SMILES string of the molecule is CC(=O)Nc1cccc(C(=O)n2cnc3ccccc32)c1. The van der Waals surface area contributed by atoms with Crippen molar-refractivity contribution < 1.29 is 9.59 Å². The molecule has 21 heavy (non-hydrogen) atoms. The van der Waals surface area contributed by atoms with Gasteiger partial charge in [-0.25, -0.2) is 4.98 Å². The summed E-state index contributed by atoms with van der Waals surface area (Å²) in [6, 6.07) is 14.3. The lowest BCUT2D eigenvalue weighted by Gasteiger charge is -2.06. The van der Waals surface area contributed by atoms with Crippen molar-refractivity contribution in [1.29, 1.82) is 0 Å². The van der Waals surface area contributed by atoms with Crippen molar-refractivity contribution in [1.82, 2.24) is 9.55 Å². The Hall–Kier alpha value is -2.95. The summed E-state index contributed by atoms with van der Waals surface area (Å²) in [6.45, 7) is 1.43. The van der Waals surface area contributed by atoms with Crippen LogP contribution in [0, 0.1) is 0 Å². The average Bonchev–Trinajstić information content (AvgIpc) is 2.90. The van der Waals surface area contributed by atoms with E-state index in [0.29, 0.717) is 11.3 Å². The van der Waals surface area contributed by atoms with Gasteiger partial charge in [0.1, 0.15) is 6.33 Å². The van der Waals surface area contributed by atoms with Crippen LogP contribution in [0.1, 0.15) is 17.3 Å². The molecule has 0 aliphatic carbocycles. The first kappa shape index (κ1) is 13.1. The highest BCUT2D eigenvalue weighted by molar-refractivity contribution is 6.02. The number of benzene rings is 2. The molecule has 3 rings (SSSR count). The van der Waals surface area contributed by atoms with Crippen LogP contribution in [0.15, 0.2) is 54.9 Å². The van der Waals surface area contributed by atoms with Gasteiger partial charge in [-0.3, -0.25) is 14.2 Å². The average molecular weight is 279 g/mol. The monoisotopic (exact) mass is 279 g/mol. The maximum absolute atomic E-state index is 12.6. The maximum atomic E-state index is 12.6. The molecule has 5 nitrogen and oxygen atoms in total. The van der Waals surface area contributed by atoms with Crippen LogP contribution in [0.5, 0.6) is 0 Å². The van der Waals surface area contributed by atoms with Crippen molar-refractivity contribution in [2.45, 2.75) is 6.92 Å². The number of hydrogen-bond donors (Lipinski definition) is 1. The van der Waals surface area contributed by atoms with Gasteiger partial charge in [-0.15, -0.1) is 0 Å². The van der Waals surface area contributed by atoms with Crippen LogP contribution in [0.4, 0.5) is 5.69 Å². The topological polar surface area (TPSA) is 64.0 Å². The number of nitrogens with one attached hydrogen (secondary N) is 1. The minimum atomic E-state index is -0.184. The molecule has 0 unspecified atom stereocenters. The summed E-state index contributed by atoms with van der Waals surface area (Å²) in [4.78, 5) is 27.9. The van der Waals surface area contributed by atoms with Crippen LogP contribution in [0.3, 0.4) is 0 Å². The molecule has 3 aromatic rings. The van der Waals surface area contributed by atoms with Gasteiger partial charge in [0.15, 0.2) is 0 Å². The zero-order chi connectivity index (χ0) is 14.8. The van der Waals surface area contributed by atoms with Gasteiger partial charge in [0.25, 0.3) is 5.91 Å². The summed E-state index contributed by atoms with van der Waals surface area (Å²) in [5.41, 5.74) is 2.61. The van der Waals surface area contributed by atoms with Crippen LogP contribution >= 0.6 is 0 Å². The fourth-order valence-electron chi connectivity index (χ4n) is 2.19. The van der Waals surface area contributed by atoms with Crippen LogP contribution in [-0.2, 0) is 4.79 Å². The standard InChI is InChI=1S/C16H13N3O2/c1-11(20)18-13-6-4-5-12(9-13)16(21)19-10-17-14-7-2-3-8-15(14)19/h2-10H,1H3,(H,18,20). The molecule has 0 aliphatic rings. The summed E-state index contributed by atoms with van der Waals surface area (Å²) in [6.07, 6.45) is 1.51. The predicted octanol–water partition coefficient (Wildman–Crippen LogP) is 2.68. The summed E-state index contributed by atoms with van der Waals surface area (Å²) in [5, 5.41) is 2.67. The molecular formula is C16H13N3O2. The molecule has 0 bridgehead atoms. The number of hydrogen-bond acceptors (Lipinski definition) is 3. The first-order valence-electron chi connectivity index (χ1n) is 6.49. The molecule has 5 heteroatoms. The number of aromatic nitrogens is 2. The van der Waals surface area contributed by atoms with Gasteiger partial charge < -0.3 is 5.32 Å². The second-order valence-corrected chi connectivity index (χ2v) is 4.67. The lowest BCUT2D eigenvalue weighted by molar-refractivity contribution is -0.114. The fraction of sp³-hybridized carbons (Fsp3) is 0.0625. The van der Waals surface area contributed by atoms with Gasteiger partial charge in [-0.2, -0.15) is 0 Å². The van der Waals surface area contributed by atoms with E-state index in [-0.39, 0.29) is 11.8 Å². The predicted molar refractivity (Wildman–Crippen MR) is 80.2 cm³/mol. The minimum Gasteiger partial charge on any atom is -0.326 e. The highest BCUT2D eigenvalue weighted by atomic mass is 16.2. The van der Waals surface area contributed by atoms with Gasteiger partial charge in [0.2, 0.25) is 5.91 Å². The number of imidazole rings is 1. The summed E-state index contributed by atoms with van der Waals surface area (Å²) in [5.74, 6) is -0.358. The van der Waals surface area contributed by atoms with Gasteiger partial charge in [0, 0.05) is 18.2 Å². The van der Waals surface area contributed by atoms with Gasteiger partial charge in [-0.05, 0) is 30.3 Å². The van der Waals surface area contributed by atoms with Crippen LogP contribution in [-0.4, -0.2) is 21.4 Å². The zero-order valence-electron chi connectivity index (χ0n) is 11.4. The van der Waals surface area contributed by atoms with Crippen molar-refractivity contribution in [3.63, 3.8) is 0 Å². The smallest absolute Gasteiger partial charge is 0.263 e. The Morgan fingerprint density at radius 2 is 1.90 bits per heavy atom. The highest BCUT2D eigenvalue weighted by Crippen LogP contribution is 2.16. The third-order valence-electron chi connectivity index (χ3n) is 3.10. The number of carbonyl (C=O) groups is 2. The molecule has 0 fully saturated rings. The largest absolute Gasteiger partial charge is 0.326 e. The highest BCUT2D eigenvalue weighted by Gasteiger charge is 2.12. The van der Waals surface area contributed by atoms with E-state index < -0.39 is 0 Å². The van der Waals surface area contributed by atoms with Crippen molar-refractivity contribution in [2.75, 3.05) is 5.32 Å². The van der Waals surface area contributed by atoms with E-state index >= 15 is 0 Å². The Morgan fingerprint density at radius 3 is 2.71 bits per heavy atom. The Balaban J connectivity index is 2.00. The van der Waals surface area contributed by atoms with Crippen molar-refractivity contribution in [2.24, 2.45) is 0 Å². The Labute approximate surface area is 121 Å². The van der Waals surface area contributed by atoms with Gasteiger partial charge in [-0.1, -0.05) is 18.2 Å². The van der Waals surface area contributed by atoms with Crippen molar-refractivity contribution >= 4 is 28.5 Å². The summed E-state index contributed by atoms with van der Waals surface area (Å²) >= 11 is 0. The molecule has 1 amide bonds. The Morgan fingerprint density at radius 1 is 1.10 bits per heavy atom.